The molecular weight excluding hydrogens is 421 g/mol. The van der Waals surface area contributed by atoms with Crippen LogP contribution in [0, 0.1) is 12.7 Å². The van der Waals surface area contributed by atoms with E-state index in [1.54, 1.807) is 30.1 Å². The number of imidazole rings is 2. The molecular formula is C25H24FN5O2. The Kier molecular flexibility index (Phi) is 5.00. The fraction of sp³-hybridized carbons (Fsp3) is 0.240. The molecule has 2 aromatic heterocycles. The number of aryl methyl sites for hydroxylation is 1. The van der Waals surface area contributed by atoms with E-state index >= 15 is 0 Å². The Morgan fingerprint density at radius 1 is 1.21 bits per heavy atom. The number of ether oxygens (including phenoxy) is 1. The predicted molar refractivity (Wildman–Crippen MR) is 123 cm³/mol. The summed E-state index contributed by atoms with van der Waals surface area (Å²) in [5.41, 5.74) is 3.24. The molecule has 1 atom stereocenters. The highest BCUT2D eigenvalue weighted by molar-refractivity contribution is 5.58. The van der Waals surface area contributed by atoms with Gasteiger partial charge in [-0.15, -0.1) is 0 Å². The topological polar surface area (TPSA) is 77.2 Å². The number of hydrogen-bond acceptors (Lipinski definition) is 4. The van der Waals surface area contributed by atoms with Crippen molar-refractivity contribution in [2.45, 2.75) is 25.8 Å². The highest BCUT2D eigenvalue weighted by atomic mass is 19.1. The van der Waals surface area contributed by atoms with E-state index in [0.29, 0.717) is 29.6 Å². The monoisotopic (exact) mass is 445 g/mol. The summed E-state index contributed by atoms with van der Waals surface area (Å²) >= 11 is 0. The van der Waals surface area contributed by atoms with Crippen LogP contribution < -0.4 is 21.3 Å². The lowest BCUT2D eigenvalue weighted by Gasteiger charge is -2.33. The van der Waals surface area contributed by atoms with Crippen molar-refractivity contribution in [2.75, 3.05) is 13.7 Å². The molecule has 4 aromatic rings. The molecule has 2 aromatic carbocycles. The van der Waals surface area contributed by atoms with E-state index in [1.807, 2.05) is 48.9 Å². The van der Waals surface area contributed by atoms with Crippen LogP contribution in [0.4, 0.5) is 4.39 Å². The molecule has 1 unspecified atom stereocenters. The summed E-state index contributed by atoms with van der Waals surface area (Å²) in [6.45, 7) is 4.48. The van der Waals surface area contributed by atoms with Gasteiger partial charge >= 0.3 is 5.69 Å². The molecule has 168 valence electrons. The number of fused-ring (bicyclic) bond motifs is 1. The van der Waals surface area contributed by atoms with Crippen molar-refractivity contribution in [1.82, 2.24) is 19.1 Å². The highest BCUT2D eigenvalue weighted by Gasteiger charge is 2.34. The summed E-state index contributed by atoms with van der Waals surface area (Å²) in [6, 6.07) is 12.1. The molecule has 0 saturated carbocycles. The number of nitrogens with one attached hydrogen (secondary N) is 1. The molecule has 33 heavy (non-hydrogen) atoms. The Bertz CT molecular complexity index is 1510. The first kappa shape index (κ1) is 20.9. The number of aromatic amines is 1. The minimum Gasteiger partial charge on any atom is -0.495 e. The molecule has 0 spiro atoms. The van der Waals surface area contributed by atoms with Crippen LogP contribution in [0.15, 0.2) is 64.8 Å². The van der Waals surface area contributed by atoms with E-state index in [4.69, 9.17) is 4.74 Å². The number of nitrogens with zero attached hydrogens (tertiary/aromatic N) is 4. The maximum atomic E-state index is 13.5. The van der Waals surface area contributed by atoms with Gasteiger partial charge in [-0.3, -0.25) is 9.56 Å². The van der Waals surface area contributed by atoms with Gasteiger partial charge in [-0.2, -0.15) is 0 Å². The second-order valence-electron chi connectivity index (χ2n) is 8.41. The van der Waals surface area contributed by atoms with E-state index in [1.165, 1.54) is 12.1 Å². The molecule has 8 heteroatoms. The average Bonchev–Trinajstić information content (AvgIpc) is 3.38. The van der Waals surface area contributed by atoms with E-state index in [2.05, 4.69) is 15.0 Å². The predicted octanol–water partition coefficient (Wildman–Crippen LogP) is 2.43. The molecule has 0 amide bonds. The molecule has 1 N–H and O–H groups in total. The van der Waals surface area contributed by atoms with E-state index in [9.17, 15) is 9.18 Å². The Hall–Kier alpha value is -3.94. The van der Waals surface area contributed by atoms with Crippen molar-refractivity contribution < 1.29 is 9.13 Å². The third kappa shape index (κ3) is 3.57. The third-order valence-electron chi connectivity index (χ3n) is 6.22. The Balaban J connectivity index is 1.62. The Labute approximate surface area is 189 Å². The molecule has 3 heterocycles. The van der Waals surface area contributed by atoms with Crippen molar-refractivity contribution in [2.24, 2.45) is 4.99 Å². The first-order valence-electron chi connectivity index (χ1n) is 10.7. The summed E-state index contributed by atoms with van der Waals surface area (Å²) < 4.78 is 22.7. The molecule has 0 saturated heterocycles. The van der Waals surface area contributed by atoms with Crippen molar-refractivity contribution in [3.8, 4) is 11.4 Å². The normalized spacial score (nSPS) is 18.1. The van der Waals surface area contributed by atoms with Gasteiger partial charge in [0.1, 0.15) is 11.6 Å². The zero-order chi connectivity index (χ0) is 23.2. The number of H-pyrrole nitrogens is 1. The Morgan fingerprint density at radius 2 is 2.00 bits per heavy atom. The first-order chi connectivity index (χ1) is 15.9. The largest absolute Gasteiger partial charge is 0.495 e. The molecule has 0 radical (unpaired) electrons. The average molecular weight is 445 g/mol. The first-order valence-corrected chi connectivity index (χ1v) is 10.7. The van der Waals surface area contributed by atoms with Crippen LogP contribution in [-0.2, 0) is 5.54 Å². The van der Waals surface area contributed by atoms with E-state index in [-0.39, 0.29) is 11.5 Å². The molecule has 1 aliphatic heterocycles. The van der Waals surface area contributed by atoms with Crippen molar-refractivity contribution in [3.05, 3.63) is 98.9 Å². The smallest absolute Gasteiger partial charge is 0.328 e. The fourth-order valence-electron chi connectivity index (χ4n) is 4.45. The second-order valence-corrected chi connectivity index (χ2v) is 8.41. The minimum atomic E-state index is -0.620. The minimum absolute atomic E-state index is 0.246. The molecule has 7 nitrogen and oxygen atoms in total. The van der Waals surface area contributed by atoms with Crippen LogP contribution in [0.25, 0.3) is 11.8 Å². The number of aromatic nitrogens is 4. The van der Waals surface area contributed by atoms with Crippen LogP contribution in [0.3, 0.4) is 0 Å². The SMILES string of the molecule is COc1cc(/C=c2/[nH]c(=O)n3c2=NCCC3(C)c2ccc(F)cc2)ccc1-n1cnc(C)c1. The zero-order valence-corrected chi connectivity index (χ0v) is 18.7. The lowest BCUT2D eigenvalue weighted by Crippen LogP contribution is -2.49. The van der Waals surface area contributed by atoms with Gasteiger partial charge in [0.2, 0.25) is 0 Å². The summed E-state index contributed by atoms with van der Waals surface area (Å²) in [5, 5.41) is 0.626. The maximum absolute atomic E-state index is 13.5. The lowest BCUT2D eigenvalue weighted by molar-refractivity contribution is 0.325. The van der Waals surface area contributed by atoms with E-state index < -0.39 is 5.54 Å². The van der Waals surface area contributed by atoms with Crippen LogP contribution in [0.2, 0.25) is 0 Å². The van der Waals surface area contributed by atoms with Crippen LogP contribution in [0.5, 0.6) is 5.75 Å². The number of hydrogen-bond donors (Lipinski definition) is 1. The number of benzene rings is 2. The summed E-state index contributed by atoms with van der Waals surface area (Å²) in [6.07, 6.45) is 6.21. The standard InChI is InChI=1S/C25H24FN5O2/c1-16-14-30(15-28-16)21-9-4-17(13-22(21)33-3)12-20-23-27-11-10-25(2,31(23)24(32)29-20)18-5-7-19(26)8-6-18/h4-9,12-15H,10-11H2,1-3H3,(H,29,32)/b20-12+. The second kappa shape index (κ2) is 7.88. The fourth-order valence-corrected chi connectivity index (χ4v) is 4.45. The molecule has 0 bridgehead atoms. The van der Waals surface area contributed by atoms with Gasteiger partial charge in [0.05, 0.1) is 35.7 Å². The quantitative estimate of drug-likeness (QED) is 0.524. The van der Waals surface area contributed by atoms with Gasteiger partial charge in [0.25, 0.3) is 0 Å². The van der Waals surface area contributed by atoms with Crippen LogP contribution in [0.1, 0.15) is 30.2 Å². The zero-order valence-electron chi connectivity index (χ0n) is 18.7. The molecule has 0 fully saturated rings. The highest BCUT2D eigenvalue weighted by Crippen LogP contribution is 2.29. The van der Waals surface area contributed by atoms with Crippen LogP contribution >= 0.6 is 0 Å². The molecule has 1 aliphatic rings. The number of methoxy groups -OCH3 is 1. The molecule has 0 aliphatic carbocycles. The maximum Gasteiger partial charge on any atom is 0.328 e. The third-order valence-corrected chi connectivity index (χ3v) is 6.22. The van der Waals surface area contributed by atoms with Crippen molar-refractivity contribution in [1.29, 1.82) is 0 Å². The van der Waals surface area contributed by atoms with Gasteiger partial charge in [-0.1, -0.05) is 18.2 Å². The van der Waals surface area contributed by atoms with Gasteiger partial charge in [-0.25, -0.2) is 14.2 Å². The number of halogens is 1. The van der Waals surface area contributed by atoms with Gasteiger partial charge in [-0.05, 0) is 61.7 Å². The summed E-state index contributed by atoms with van der Waals surface area (Å²) in [5.74, 6) is 0.381. The number of rotatable bonds is 4. The van der Waals surface area contributed by atoms with E-state index in [0.717, 1.165) is 22.5 Å². The summed E-state index contributed by atoms with van der Waals surface area (Å²) in [4.78, 5) is 24.9. The van der Waals surface area contributed by atoms with Crippen molar-refractivity contribution in [3.63, 3.8) is 0 Å². The Morgan fingerprint density at radius 3 is 2.70 bits per heavy atom. The van der Waals surface area contributed by atoms with Gasteiger partial charge in [0, 0.05) is 12.7 Å². The van der Waals surface area contributed by atoms with Gasteiger partial charge < -0.3 is 14.3 Å². The molecule has 5 rings (SSSR count). The van der Waals surface area contributed by atoms with Gasteiger partial charge in [0.15, 0.2) is 5.49 Å². The van der Waals surface area contributed by atoms with Crippen molar-refractivity contribution >= 4 is 6.08 Å². The lowest BCUT2D eigenvalue weighted by atomic mass is 9.87. The summed E-state index contributed by atoms with van der Waals surface area (Å²) in [7, 11) is 1.62. The van der Waals surface area contributed by atoms with Crippen LogP contribution in [-0.4, -0.2) is 32.8 Å².